The Morgan fingerprint density at radius 1 is 1.45 bits per heavy atom. The number of hydrogen-bond donors (Lipinski definition) is 1. The van der Waals surface area contributed by atoms with E-state index in [-0.39, 0.29) is 12.2 Å². The summed E-state index contributed by atoms with van der Waals surface area (Å²) in [5.41, 5.74) is 4.17. The normalized spacial score (nSPS) is 7.82. The molecular formula is C7H7BrFNO. The molecule has 0 heterocycles. The molecule has 2 nitrogen and oxygen atoms in total. The lowest BCUT2D eigenvalue weighted by molar-refractivity contribution is -0.106. The maximum atomic E-state index is 12.3. The molecule has 11 heavy (non-hydrogen) atoms. The number of benzene rings is 1. The van der Waals surface area contributed by atoms with Crippen LogP contribution >= 0.6 is 15.9 Å². The first-order valence-corrected chi connectivity index (χ1v) is 3.57. The summed E-state index contributed by atoms with van der Waals surface area (Å²) < 4.78 is 12.8. The van der Waals surface area contributed by atoms with Gasteiger partial charge < -0.3 is 5.73 Å². The summed E-state index contributed by atoms with van der Waals surface area (Å²) in [6.45, 7) is 0. The Kier molecular flexibility index (Phi) is 5.37. The third-order valence-electron chi connectivity index (χ3n) is 0.824. The van der Waals surface area contributed by atoms with E-state index in [1.165, 1.54) is 6.07 Å². The first-order chi connectivity index (χ1) is 5.22. The van der Waals surface area contributed by atoms with Gasteiger partial charge in [-0.2, -0.15) is 0 Å². The Labute approximate surface area is 72.3 Å². The second-order valence-electron chi connectivity index (χ2n) is 1.55. The van der Waals surface area contributed by atoms with Crippen molar-refractivity contribution in [1.82, 2.24) is 0 Å². The molecule has 0 aliphatic heterocycles. The van der Waals surface area contributed by atoms with Gasteiger partial charge in [0.15, 0.2) is 0 Å². The second-order valence-corrected chi connectivity index (χ2v) is 2.40. The van der Waals surface area contributed by atoms with Crippen LogP contribution in [0.1, 0.15) is 0 Å². The zero-order chi connectivity index (χ0) is 8.69. The van der Waals surface area contributed by atoms with Gasteiger partial charge in [0.05, 0.1) is 4.47 Å². The molecule has 2 N–H and O–H groups in total. The smallest absolute Gasteiger partial charge is 0.204 e. The van der Waals surface area contributed by atoms with Gasteiger partial charge in [0.1, 0.15) is 5.82 Å². The molecule has 0 aliphatic carbocycles. The fraction of sp³-hybridized carbons (Fsp3) is 0. The van der Waals surface area contributed by atoms with E-state index in [1.54, 1.807) is 18.2 Å². The van der Waals surface area contributed by atoms with Crippen molar-refractivity contribution in [2.24, 2.45) is 5.73 Å². The van der Waals surface area contributed by atoms with Gasteiger partial charge in [0, 0.05) is 0 Å². The molecule has 0 atom stereocenters. The first-order valence-electron chi connectivity index (χ1n) is 2.77. The van der Waals surface area contributed by atoms with Crippen LogP contribution in [0.4, 0.5) is 4.39 Å². The van der Waals surface area contributed by atoms with E-state index in [9.17, 15) is 4.39 Å². The summed E-state index contributed by atoms with van der Waals surface area (Å²) in [7, 11) is 0. The van der Waals surface area contributed by atoms with Gasteiger partial charge in [-0.15, -0.1) is 0 Å². The maximum Gasteiger partial charge on any atom is 0.204 e. The van der Waals surface area contributed by atoms with Crippen LogP contribution in [-0.4, -0.2) is 6.41 Å². The standard InChI is InChI=1S/C6H4BrF.CH3NO/c7-5-3-1-2-4-6(5)8;2-1-3/h1-4H;1H,(H2,2,3). The fourth-order valence-electron chi connectivity index (χ4n) is 0.439. The van der Waals surface area contributed by atoms with E-state index in [0.29, 0.717) is 4.47 Å². The highest BCUT2D eigenvalue weighted by Gasteiger charge is 1.90. The average Bonchev–Trinajstić information content (AvgIpc) is 1.97. The van der Waals surface area contributed by atoms with E-state index in [0.717, 1.165) is 0 Å². The summed E-state index contributed by atoms with van der Waals surface area (Å²) >= 11 is 3.02. The van der Waals surface area contributed by atoms with Crippen LogP contribution in [0.25, 0.3) is 0 Å². The molecule has 0 saturated carbocycles. The van der Waals surface area contributed by atoms with Crippen LogP contribution in [0.2, 0.25) is 0 Å². The fourth-order valence-corrected chi connectivity index (χ4v) is 0.724. The second kappa shape index (κ2) is 5.85. The van der Waals surface area contributed by atoms with Gasteiger partial charge in [0.25, 0.3) is 0 Å². The average molecular weight is 220 g/mol. The van der Waals surface area contributed by atoms with Crippen molar-refractivity contribution in [3.63, 3.8) is 0 Å². The number of carbonyl (C=O) groups is 1. The molecule has 0 aromatic heterocycles. The van der Waals surface area contributed by atoms with Crippen molar-refractivity contribution in [3.8, 4) is 0 Å². The van der Waals surface area contributed by atoms with Crippen LogP contribution in [0.5, 0.6) is 0 Å². The minimum absolute atomic E-state index is 0.215. The van der Waals surface area contributed by atoms with E-state index in [4.69, 9.17) is 4.79 Å². The number of amides is 1. The number of rotatable bonds is 0. The Balaban J connectivity index is 0.000000292. The number of halogens is 2. The van der Waals surface area contributed by atoms with Crippen molar-refractivity contribution in [2.45, 2.75) is 0 Å². The third-order valence-corrected chi connectivity index (χ3v) is 1.47. The number of carbonyl (C=O) groups excluding carboxylic acids is 1. The van der Waals surface area contributed by atoms with Gasteiger partial charge in [-0.05, 0) is 28.1 Å². The Bertz CT molecular complexity index is 208. The zero-order valence-electron chi connectivity index (χ0n) is 5.63. The molecule has 1 amide bonds. The quantitative estimate of drug-likeness (QED) is 0.664. The lowest BCUT2D eigenvalue weighted by Gasteiger charge is -1.87. The van der Waals surface area contributed by atoms with Crippen LogP contribution < -0.4 is 5.73 Å². The van der Waals surface area contributed by atoms with Crippen molar-refractivity contribution in [1.29, 1.82) is 0 Å². The van der Waals surface area contributed by atoms with Gasteiger partial charge in [-0.1, -0.05) is 12.1 Å². The summed E-state index contributed by atoms with van der Waals surface area (Å²) in [5, 5.41) is 0. The van der Waals surface area contributed by atoms with E-state index < -0.39 is 0 Å². The molecule has 0 bridgehead atoms. The molecule has 0 aliphatic rings. The van der Waals surface area contributed by atoms with E-state index in [1.807, 2.05) is 0 Å². The lowest BCUT2D eigenvalue weighted by atomic mass is 10.4. The first kappa shape index (κ1) is 10.1. The summed E-state index contributed by atoms with van der Waals surface area (Å²) in [6.07, 6.45) is 0.250. The van der Waals surface area contributed by atoms with Gasteiger partial charge in [-0.25, -0.2) is 4.39 Å². The molecule has 0 fully saturated rings. The highest BCUT2D eigenvalue weighted by atomic mass is 79.9. The Morgan fingerprint density at radius 3 is 2.18 bits per heavy atom. The molecule has 0 radical (unpaired) electrons. The van der Waals surface area contributed by atoms with Crippen molar-refractivity contribution in [2.75, 3.05) is 0 Å². The summed E-state index contributed by atoms with van der Waals surface area (Å²) in [6, 6.07) is 6.49. The predicted octanol–water partition coefficient (Wildman–Crippen LogP) is 1.69. The summed E-state index contributed by atoms with van der Waals surface area (Å²) in [4.78, 5) is 8.58. The van der Waals surface area contributed by atoms with Crippen molar-refractivity contribution < 1.29 is 9.18 Å². The SMILES string of the molecule is Fc1ccccc1Br.NC=O. The van der Waals surface area contributed by atoms with Crippen molar-refractivity contribution >= 4 is 22.3 Å². The van der Waals surface area contributed by atoms with Crippen LogP contribution in [-0.2, 0) is 4.79 Å². The molecule has 1 aromatic rings. The minimum atomic E-state index is -0.215. The minimum Gasteiger partial charge on any atom is -0.372 e. The molecule has 0 saturated heterocycles. The molecule has 60 valence electrons. The maximum absolute atomic E-state index is 12.3. The van der Waals surface area contributed by atoms with Crippen LogP contribution in [0, 0.1) is 5.82 Å². The molecular weight excluding hydrogens is 213 g/mol. The molecule has 1 rings (SSSR count). The van der Waals surface area contributed by atoms with Crippen LogP contribution in [0.15, 0.2) is 28.7 Å². The molecule has 0 spiro atoms. The summed E-state index contributed by atoms with van der Waals surface area (Å²) in [5.74, 6) is -0.215. The number of nitrogens with two attached hydrogens (primary N) is 1. The Hall–Kier alpha value is -0.900. The number of hydrogen-bond acceptors (Lipinski definition) is 1. The van der Waals surface area contributed by atoms with Crippen molar-refractivity contribution in [3.05, 3.63) is 34.6 Å². The largest absolute Gasteiger partial charge is 0.372 e. The zero-order valence-corrected chi connectivity index (χ0v) is 7.21. The van der Waals surface area contributed by atoms with Gasteiger partial charge in [0.2, 0.25) is 6.41 Å². The predicted molar refractivity (Wildman–Crippen MR) is 44.4 cm³/mol. The lowest BCUT2D eigenvalue weighted by Crippen LogP contribution is -1.82. The highest BCUT2D eigenvalue weighted by Crippen LogP contribution is 2.12. The Morgan fingerprint density at radius 2 is 1.91 bits per heavy atom. The van der Waals surface area contributed by atoms with E-state index in [2.05, 4.69) is 21.7 Å². The molecule has 4 heteroatoms. The molecule has 0 unspecified atom stereocenters. The van der Waals surface area contributed by atoms with Crippen LogP contribution in [0.3, 0.4) is 0 Å². The van der Waals surface area contributed by atoms with Gasteiger partial charge in [-0.3, -0.25) is 4.79 Å². The van der Waals surface area contributed by atoms with Gasteiger partial charge >= 0.3 is 0 Å². The number of primary amides is 1. The van der Waals surface area contributed by atoms with E-state index >= 15 is 0 Å². The molecule has 1 aromatic carbocycles. The topological polar surface area (TPSA) is 43.1 Å². The highest BCUT2D eigenvalue weighted by molar-refractivity contribution is 9.10. The monoisotopic (exact) mass is 219 g/mol. The third kappa shape index (κ3) is 4.50.